The summed E-state index contributed by atoms with van der Waals surface area (Å²) in [5.74, 6) is 0.140. The van der Waals surface area contributed by atoms with Crippen molar-refractivity contribution in [3.05, 3.63) is 11.9 Å². The molecular formula is C7H13N3O3S. The minimum absolute atomic E-state index is 0.140. The van der Waals surface area contributed by atoms with E-state index in [0.717, 1.165) is 0 Å². The fraction of sp³-hybridized carbons (Fsp3) is 0.714. The summed E-state index contributed by atoms with van der Waals surface area (Å²) in [5.41, 5.74) is 0.490. The fourth-order valence-corrected chi connectivity index (χ4v) is 1.66. The van der Waals surface area contributed by atoms with Crippen LogP contribution < -0.4 is 0 Å². The molecular weight excluding hydrogens is 206 g/mol. The minimum atomic E-state index is -2.90. The molecule has 0 unspecified atom stereocenters. The van der Waals surface area contributed by atoms with Crippen molar-refractivity contribution in [2.24, 2.45) is 0 Å². The lowest BCUT2D eigenvalue weighted by Gasteiger charge is -1.98. The van der Waals surface area contributed by atoms with Gasteiger partial charge in [0.15, 0.2) is 0 Å². The van der Waals surface area contributed by atoms with Gasteiger partial charge in [0.05, 0.1) is 18.6 Å². The molecule has 0 aliphatic rings. The molecule has 0 saturated heterocycles. The van der Waals surface area contributed by atoms with E-state index in [2.05, 4.69) is 10.3 Å². The van der Waals surface area contributed by atoms with Gasteiger partial charge in [-0.15, -0.1) is 5.10 Å². The predicted molar refractivity (Wildman–Crippen MR) is 50.3 cm³/mol. The topological polar surface area (TPSA) is 85.1 Å². The largest absolute Gasteiger partial charge is 0.390 e. The van der Waals surface area contributed by atoms with Crippen LogP contribution in [0.25, 0.3) is 0 Å². The third kappa shape index (κ3) is 3.84. The molecule has 0 saturated carbocycles. The number of hydrogen-bond acceptors (Lipinski definition) is 5. The SMILES string of the molecule is CS(=O)(=O)CCCn1cc(CO)nn1. The van der Waals surface area contributed by atoms with Crippen molar-refractivity contribution in [1.82, 2.24) is 15.0 Å². The Kier molecular flexibility index (Phi) is 3.59. The van der Waals surface area contributed by atoms with E-state index in [1.807, 2.05) is 0 Å². The van der Waals surface area contributed by atoms with Crippen LogP contribution in [0.2, 0.25) is 0 Å². The number of aliphatic hydroxyl groups is 1. The molecule has 14 heavy (non-hydrogen) atoms. The van der Waals surface area contributed by atoms with Crippen molar-refractivity contribution in [3.8, 4) is 0 Å². The van der Waals surface area contributed by atoms with Crippen LogP contribution in [-0.2, 0) is 23.0 Å². The smallest absolute Gasteiger partial charge is 0.147 e. The molecule has 0 aliphatic carbocycles. The lowest BCUT2D eigenvalue weighted by Crippen LogP contribution is -2.07. The quantitative estimate of drug-likeness (QED) is 0.701. The molecule has 80 valence electrons. The van der Waals surface area contributed by atoms with Gasteiger partial charge >= 0.3 is 0 Å². The first-order valence-electron chi connectivity index (χ1n) is 4.19. The highest BCUT2D eigenvalue weighted by molar-refractivity contribution is 7.90. The molecule has 1 rings (SSSR count). The summed E-state index contributed by atoms with van der Waals surface area (Å²) < 4.78 is 23.1. The van der Waals surface area contributed by atoms with Crippen LogP contribution in [0.1, 0.15) is 12.1 Å². The summed E-state index contributed by atoms with van der Waals surface area (Å²) in [6, 6.07) is 0. The summed E-state index contributed by atoms with van der Waals surface area (Å²) in [5, 5.41) is 16.1. The van der Waals surface area contributed by atoms with Crippen LogP contribution in [0, 0.1) is 0 Å². The molecule has 1 N–H and O–H groups in total. The van der Waals surface area contributed by atoms with E-state index in [1.165, 1.54) is 10.9 Å². The molecule has 1 heterocycles. The van der Waals surface area contributed by atoms with Crippen molar-refractivity contribution in [3.63, 3.8) is 0 Å². The Morgan fingerprint density at radius 3 is 2.79 bits per heavy atom. The third-order valence-corrected chi connectivity index (χ3v) is 2.68. The number of rotatable bonds is 5. The maximum Gasteiger partial charge on any atom is 0.147 e. The molecule has 0 bridgehead atoms. The molecule has 1 aromatic rings. The lowest BCUT2D eigenvalue weighted by molar-refractivity contribution is 0.276. The summed E-state index contributed by atoms with van der Waals surface area (Å²) in [7, 11) is -2.90. The van der Waals surface area contributed by atoms with Crippen molar-refractivity contribution in [2.45, 2.75) is 19.6 Å². The Hall–Kier alpha value is -0.950. The summed E-state index contributed by atoms with van der Waals surface area (Å²) in [6.07, 6.45) is 3.31. The molecule has 0 radical (unpaired) electrons. The first-order valence-corrected chi connectivity index (χ1v) is 6.25. The summed E-state index contributed by atoms with van der Waals surface area (Å²) >= 11 is 0. The van der Waals surface area contributed by atoms with E-state index >= 15 is 0 Å². The van der Waals surface area contributed by atoms with Crippen LogP contribution in [0.5, 0.6) is 0 Å². The monoisotopic (exact) mass is 219 g/mol. The number of aliphatic hydroxyl groups excluding tert-OH is 1. The lowest BCUT2D eigenvalue weighted by atomic mass is 10.5. The number of nitrogens with zero attached hydrogens (tertiary/aromatic N) is 3. The van der Waals surface area contributed by atoms with Crippen LogP contribution >= 0.6 is 0 Å². The van der Waals surface area contributed by atoms with Crippen molar-refractivity contribution in [2.75, 3.05) is 12.0 Å². The van der Waals surface area contributed by atoms with E-state index in [1.54, 1.807) is 6.20 Å². The van der Waals surface area contributed by atoms with Crippen LogP contribution in [0.4, 0.5) is 0 Å². The van der Waals surface area contributed by atoms with Crippen molar-refractivity contribution < 1.29 is 13.5 Å². The van der Waals surface area contributed by atoms with Gasteiger partial charge in [-0.2, -0.15) is 0 Å². The second-order valence-electron chi connectivity index (χ2n) is 3.11. The minimum Gasteiger partial charge on any atom is -0.390 e. The van der Waals surface area contributed by atoms with E-state index in [-0.39, 0.29) is 12.4 Å². The number of hydrogen-bond donors (Lipinski definition) is 1. The van der Waals surface area contributed by atoms with Gasteiger partial charge in [-0.05, 0) is 6.42 Å². The highest BCUT2D eigenvalue weighted by atomic mass is 32.2. The Bertz CT molecular complexity index is 385. The van der Waals surface area contributed by atoms with Crippen molar-refractivity contribution in [1.29, 1.82) is 0 Å². The Morgan fingerprint density at radius 1 is 1.57 bits per heavy atom. The van der Waals surface area contributed by atoms with Gasteiger partial charge in [-0.1, -0.05) is 5.21 Å². The van der Waals surface area contributed by atoms with E-state index in [4.69, 9.17) is 5.11 Å². The molecule has 6 nitrogen and oxygen atoms in total. The first-order chi connectivity index (χ1) is 6.51. The molecule has 0 fully saturated rings. The zero-order valence-corrected chi connectivity index (χ0v) is 8.74. The molecule has 0 atom stereocenters. The maximum atomic E-state index is 10.8. The molecule has 0 aromatic carbocycles. The highest BCUT2D eigenvalue weighted by Gasteiger charge is 2.03. The average Bonchev–Trinajstić information content (AvgIpc) is 2.50. The fourth-order valence-electron chi connectivity index (χ4n) is 1.01. The van der Waals surface area contributed by atoms with E-state index < -0.39 is 9.84 Å². The summed E-state index contributed by atoms with van der Waals surface area (Å²) in [6.45, 7) is 0.353. The first kappa shape index (κ1) is 11.1. The second-order valence-corrected chi connectivity index (χ2v) is 5.37. The third-order valence-electron chi connectivity index (χ3n) is 1.65. The average molecular weight is 219 g/mol. The second kappa shape index (κ2) is 4.52. The summed E-state index contributed by atoms with van der Waals surface area (Å²) in [4.78, 5) is 0. The maximum absolute atomic E-state index is 10.8. The predicted octanol–water partition coefficient (Wildman–Crippen LogP) is -0.795. The number of sulfone groups is 1. The van der Waals surface area contributed by atoms with E-state index in [9.17, 15) is 8.42 Å². The molecule has 1 aromatic heterocycles. The van der Waals surface area contributed by atoms with Crippen LogP contribution in [-0.4, -0.2) is 40.5 Å². The van der Waals surface area contributed by atoms with Gasteiger partial charge in [0, 0.05) is 12.8 Å². The van der Waals surface area contributed by atoms with Gasteiger partial charge in [-0.3, -0.25) is 4.68 Å². The normalized spacial score (nSPS) is 11.9. The zero-order chi connectivity index (χ0) is 10.6. The highest BCUT2D eigenvalue weighted by Crippen LogP contribution is 1.96. The Labute approximate surface area is 82.5 Å². The molecule has 0 aliphatic heterocycles. The van der Waals surface area contributed by atoms with Crippen LogP contribution in [0.15, 0.2) is 6.20 Å². The Balaban J connectivity index is 2.39. The van der Waals surface area contributed by atoms with Gasteiger partial charge in [-0.25, -0.2) is 8.42 Å². The van der Waals surface area contributed by atoms with Crippen molar-refractivity contribution >= 4 is 9.84 Å². The zero-order valence-electron chi connectivity index (χ0n) is 7.92. The van der Waals surface area contributed by atoms with Crippen LogP contribution in [0.3, 0.4) is 0 Å². The number of aromatic nitrogens is 3. The van der Waals surface area contributed by atoms with Gasteiger partial charge in [0.1, 0.15) is 15.5 Å². The van der Waals surface area contributed by atoms with E-state index in [0.29, 0.717) is 18.7 Å². The van der Waals surface area contributed by atoms with Gasteiger partial charge < -0.3 is 5.11 Å². The van der Waals surface area contributed by atoms with Gasteiger partial charge in [0.25, 0.3) is 0 Å². The Morgan fingerprint density at radius 2 is 2.29 bits per heavy atom. The standard InChI is InChI=1S/C7H13N3O3S/c1-14(12,13)4-2-3-10-5-7(6-11)8-9-10/h5,11H,2-4,6H2,1H3. The number of aryl methyl sites for hydroxylation is 1. The molecule has 0 spiro atoms. The van der Waals surface area contributed by atoms with Gasteiger partial charge in [0.2, 0.25) is 0 Å². The molecule has 0 amide bonds. The molecule has 7 heteroatoms.